The molecule has 7 heteroatoms. The standard InChI is InChI=1S/C14H11N3O4/c1-7-6-10(21-16-7)12(18)15-9-5-3-4-8-11(9)14(20)17(2)13(8)19/h3-6H,1-2H3,(H,15,18). The zero-order chi connectivity index (χ0) is 15.1. The molecule has 0 spiro atoms. The summed E-state index contributed by atoms with van der Waals surface area (Å²) in [4.78, 5) is 37.0. The Balaban J connectivity index is 1.97. The van der Waals surface area contributed by atoms with Gasteiger partial charge in [-0.05, 0) is 19.1 Å². The van der Waals surface area contributed by atoms with Crippen molar-refractivity contribution in [3.8, 4) is 0 Å². The van der Waals surface area contributed by atoms with Crippen LogP contribution < -0.4 is 5.32 Å². The second-order valence-corrected chi connectivity index (χ2v) is 4.68. The first-order valence-electron chi connectivity index (χ1n) is 6.19. The zero-order valence-corrected chi connectivity index (χ0v) is 11.3. The van der Waals surface area contributed by atoms with Crippen molar-refractivity contribution in [1.82, 2.24) is 10.1 Å². The number of amides is 3. The molecular weight excluding hydrogens is 274 g/mol. The summed E-state index contributed by atoms with van der Waals surface area (Å²) in [6.07, 6.45) is 0. The first-order chi connectivity index (χ1) is 9.99. The molecule has 7 nitrogen and oxygen atoms in total. The molecule has 0 unspecified atom stereocenters. The summed E-state index contributed by atoms with van der Waals surface area (Å²) in [7, 11) is 1.40. The molecule has 1 aromatic heterocycles. The average molecular weight is 285 g/mol. The van der Waals surface area contributed by atoms with Gasteiger partial charge in [0.2, 0.25) is 5.76 Å². The molecule has 0 radical (unpaired) electrons. The molecule has 1 aliphatic rings. The van der Waals surface area contributed by atoms with E-state index < -0.39 is 11.8 Å². The maximum Gasteiger partial charge on any atom is 0.294 e. The van der Waals surface area contributed by atoms with E-state index in [0.717, 1.165) is 4.90 Å². The number of hydrogen-bond donors (Lipinski definition) is 1. The quantitative estimate of drug-likeness (QED) is 0.843. The monoisotopic (exact) mass is 285 g/mol. The number of rotatable bonds is 2. The first-order valence-corrected chi connectivity index (χ1v) is 6.19. The van der Waals surface area contributed by atoms with Crippen LogP contribution in [-0.2, 0) is 0 Å². The molecule has 1 aliphatic heterocycles. The Kier molecular flexibility index (Phi) is 2.83. The van der Waals surface area contributed by atoms with Crippen LogP contribution in [0.4, 0.5) is 5.69 Å². The molecule has 1 aromatic carbocycles. The van der Waals surface area contributed by atoms with Crippen molar-refractivity contribution in [3.63, 3.8) is 0 Å². The predicted octanol–water partition coefficient (Wildman–Crippen LogP) is 1.46. The minimum Gasteiger partial charge on any atom is -0.351 e. The summed E-state index contributed by atoms with van der Waals surface area (Å²) in [5.74, 6) is -1.32. The molecule has 0 saturated carbocycles. The van der Waals surface area contributed by atoms with Crippen molar-refractivity contribution in [2.24, 2.45) is 0 Å². The SMILES string of the molecule is Cc1cc(C(=O)Nc2cccc3c2C(=O)N(C)C3=O)on1. The molecule has 1 N–H and O–H groups in total. The highest BCUT2D eigenvalue weighted by Crippen LogP contribution is 2.28. The third-order valence-electron chi connectivity index (χ3n) is 3.22. The number of carbonyl (C=O) groups is 3. The number of fused-ring (bicyclic) bond motifs is 1. The van der Waals surface area contributed by atoms with Crippen molar-refractivity contribution < 1.29 is 18.9 Å². The van der Waals surface area contributed by atoms with E-state index >= 15 is 0 Å². The smallest absolute Gasteiger partial charge is 0.294 e. The summed E-state index contributed by atoms with van der Waals surface area (Å²) in [6, 6.07) is 6.19. The van der Waals surface area contributed by atoms with Gasteiger partial charge >= 0.3 is 0 Å². The van der Waals surface area contributed by atoms with E-state index in [1.54, 1.807) is 25.1 Å². The number of aromatic nitrogens is 1. The van der Waals surface area contributed by atoms with Gasteiger partial charge in [0, 0.05) is 13.1 Å². The Morgan fingerprint density at radius 2 is 2.05 bits per heavy atom. The number of anilines is 1. The highest BCUT2D eigenvalue weighted by atomic mass is 16.5. The molecule has 0 aliphatic carbocycles. The van der Waals surface area contributed by atoms with E-state index in [1.165, 1.54) is 13.1 Å². The van der Waals surface area contributed by atoms with Crippen LogP contribution in [0.1, 0.15) is 37.0 Å². The van der Waals surface area contributed by atoms with E-state index in [-0.39, 0.29) is 28.5 Å². The number of carbonyl (C=O) groups excluding carboxylic acids is 3. The number of imide groups is 1. The van der Waals surface area contributed by atoms with Crippen molar-refractivity contribution in [2.45, 2.75) is 6.92 Å². The molecule has 0 saturated heterocycles. The van der Waals surface area contributed by atoms with Gasteiger partial charge in [0.15, 0.2) is 0 Å². The van der Waals surface area contributed by atoms with Gasteiger partial charge < -0.3 is 9.84 Å². The molecule has 21 heavy (non-hydrogen) atoms. The summed E-state index contributed by atoms with van der Waals surface area (Å²) in [6.45, 7) is 1.69. The fourth-order valence-electron chi connectivity index (χ4n) is 2.16. The fraction of sp³-hybridized carbons (Fsp3) is 0.143. The Hall–Kier alpha value is -2.96. The zero-order valence-electron chi connectivity index (χ0n) is 11.3. The van der Waals surface area contributed by atoms with Gasteiger partial charge in [-0.2, -0.15) is 0 Å². The van der Waals surface area contributed by atoms with E-state index in [4.69, 9.17) is 4.52 Å². The normalized spacial score (nSPS) is 13.5. The van der Waals surface area contributed by atoms with Crippen molar-refractivity contribution in [1.29, 1.82) is 0 Å². The van der Waals surface area contributed by atoms with Gasteiger partial charge in [0.05, 0.1) is 22.5 Å². The van der Waals surface area contributed by atoms with Gasteiger partial charge in [0.1, 0.15) is 0 Å². The summed E-state index contributed by atoms with van der Waals surface area (Å²) in [5, 5.41) is 6.20. The highest BCUT2D eigenvalue weighted by Gasteiger charge is 2.35. The Morgan fingerprint density at radius 3 is 2.71 bits per heavy atom. The van der Waals surface area contributed by atoms with Crippen LogP contribution in [0, 0.1) is 6.92 Å². The van der Waals surface area contributed by atoms with Gasteiger partial charge in [-0.1, -0.05) is 11.2 Å². The minimum atomic E-state index is -0.529. The number of nitrogens with zero attached hydrogens (tertiary/aromatic N) is 2. The van der Waals surface area contributed by atoms with E-state index in [0.29, 0.717) is 5.69 Å². The lowest BCUT2D eigenvalue weighted by atomic mass is 10.1. The minimum absolute atomic E-state index is 0.0373. The van der Waals surface area contributed by atoms with E-state index in [1.807, 2.05) is 0 Å². The van der Waals surface area contributed by atoms with Crippen LogP contribution in [0.5, 0.6) is 0 Å². The van der Waals surface area contributed by atoms with Crippen LogP contribution in [0.3, 0.4) is 0 Å². The third-order valence-corrected chi connectivity index (χ3v) is 3.22. The Labute approximate surface area is 119 Å². The topological polar surface area (TPSA) is 92.5 Å². The third kappa shape index (κ3) is 1.99. The van der Waals surface area contributed by atoms with Crippen LogP contribution in [-0.4, -0.2) is 34.8 Å². The van der Waals surface area contributed by atoms with Crippen molar-refractivity contribution in [2.75, 3.05) is 12.4 Å². The number of hydrogen-bond acceptors (Lipinski definition) is 5. The molecular formula is C14H11N3O4. The fourth-order valence-corrected chi connectivity index (χ4v) is 2.16. The molecule has 3 amide bonds. The second kappa shape index (κ2) is 4.55. The van der Waals surface area contributed by atoms with Gasteiger partial charge in [-0.3, -0.25) is 19.3 Å². The summed E-state index contributed by atoms with van der Waals surface area (Å²) in [5.41, 5.74) is 1.31. The maximum atomic E-state index is 12.1. The highest BCUT2D eigenvalue weighted by molar-refractivity contribution is 6.24. The number of nitrogens with one attached hydrogen (secondary N) is 1. The first kappa shape index (κ1) is 13.0. The largest absolute Gasteiger partial charge is 0.351 e. The van der Waals surface area contributed by atoms with E-state index in [2.05, 4.69) is 10.5 Å². The van der Waals surface area contributed by atoms with Crippen LogP contribution in [0.25, 0.3) is 0 Å². The lowest BCUT2D eigenvalue weighted by molar-refractivity contribution is 0.0693. The lowest BCUT2D eigenvalue weighted by Gasteiger charge is -2.07. The van der Waals surface area contributed by atoms with Gasteiger partial charge in [-0.25, -0.2) is 0 Å². The maximum absolute atomic E-state index is 12.1. The Morgan fingerprint density at radius 1 is 1.29 bits per heavy atom. The van der Waals surface area contributed by atoms with Crippen LogP contribution in [0.15, 0.2) is 28.8 Å². The molecule has 106 valence electrons. The Bertz CT molecular complexity index is 778. The predicted molar refractivity (Wildman–Crippen MR) is 72.1 cm³/mol. The number of benzene rings is 1. The second-order valence-electron chi connectivity index (χ2n) is 4.68. The molecule has 3 rings (SSSR count). The molecule has 2 heterocycles. The van der Waals surface area contributed by atoms with Crippen LogP contribution in [0.2, 0.25) is 0 Å². The van der Waals surface area contributed by atoms with Gasteiger partial charge in [0.25, 0.3) is 17.7 Å². The molecule has 2 aromatic rings. The summed E-state index contributed by atoms with van der Waals surface area (Å²) >= 11 is 0. The molecule has 0 bridgehead atoms. The number of aryl methyl sites for hydroxylation is 1. The van der Waals surface area contributed by atoms with Crippen molar-refractivity contribution in [3.05, 3.63) is 46.8 Å². The van der Waals surface area contributed by atoms with Crippen molar-refractivity contribution >= 4 is 23.4 Å². The lowest BCUT2D eigenvalue weighted by Crippen LogP contribution is -2.24. The molecule has 0 atom stereocenters. The van der Waals surface area contributed by atoms with E-state index in [9.17, 15) is 14.4 Å². The van der Waals surface area contributed by atoms with Crippen LogP contribution >= 0.6 is 0 Å². The average Bonchev–Trinajstić information content (AvgIpc) is 2.99. The summed E-state index contributed by atoms with van der Waals surface area (Å²) < 4.78 is 4.86. The molecule has 0 fully saturated rings. The van der Waals surface area contributed by atoms with Gasteiger partial charge in [-0.15, -0.1) is 0 Å².